The van der Waals surface area contributed by atoms with Gasteiger partial charge in [-0.3, -0.25) is 0 Å². The molecule has 0 saturated carbocycles. The van der Waals surface area contributed by atoms with Crippen LogP contribution in [0.4, 0.5) is 0 Å². The molecule has 3 aromatic carbocycles. The number of carbonyl (C=O) groups excluding carboxylic acids is 1. The van der Waals surface area contributed by atoms with Gasteiger partial charge in [0.15, 0.2) is 8.07 Å². The third-order valence-corrected chi connectivity index (χ3v) is 11.4. The van der Waals surface area contributed by atoms with E-state index in [0.717, 1.165) is 18.4 Å². The van der Waals surface area contributed by atoms with Crippen molar-refractivity contribution in [1.82, 2.24) is 0 Å². The minimum absolute atomic E-state index is 0.136. The summed E-state index contributed by atoms with van der Waals surface area (Å²) >= 11 is 0. The monoisotopic (exact) mass is 410 g/mol. The molecule has 3 rings (SSSR count). The summed E-state index contributed by atoms with van der Waals surface area (Å²) in [7, 11) is -2.66. The zero-order valence-corrected chi connectivity index (χ0v) is 19.2. The second-order valence-corrected chi connectivity index (χ2v) is 13.4. The van der Waals surface area contributed by atoms with Gasteiger partial charge in [0.25, 0.3) is 0 Å². The molecule has 0 aliphatic carbocycles. The molecule has 0 saturated heterocycles. The van der Waals surface area contributed by atoms with Crippen LogP contribution in [0.3, 0.4) is 0 Å². The molecule has 0 heterocycles. The Morgan fingerprint density at radius 1 is 0.767 bits per heavy atom. The van der Waals surface area contributed by atoms with Crippen LogP contribution in [0.1, 0.15) is 45.6 Å². The van der Waals surface area contributed by atoms with E-state index in [1.54, 1.807) is 0 Å². The first kappa shape index (κ1) is 21.8. The van der Waals surface area contributed by atoms with Crippen LogP contribution in [0.25, 0.3) is 0 Å². The van der Waals surface area contributed by atoms with Gasteiger partial charge in [-0.25, -0.2) is 0 Å². The summed E-state index contributed by atoms with van der Waals surface area (Å²) in [5, 5.41) is 2.66. The minimum atomic E-state index is -2.66. The average molecular weight is 411 g/mol. The predicted octanol–water partition coefficient (Wildman–Crippen LogP) is 5.38. The highest BCUT2D eigenvalue weighted by molar-refractivity contribution is 7.24. The maximum Gasteiger partial charge on any atom is 0.198 e. The van der Waals surface area contributed by atoms with Crippen LogP contribution in [0, 0.1) is 11.8 Å². The molecule has 30 heavy (non-hydrogen) atoms. The van der Waals surface area contributed by atoms with Gasteiger partial charge in [-0.1, -0.05) is 111 Å². The molecular formula is C28H30OSi. The molecule has 0 aromatic heterocycles. The third kappa shape index (κ3) is 4.63. The van der Waals surface area contributed by atoms with E-state index in [2.05, 4.69) is 81.1 Å². The molecular weight excluding hydrogens is 380 g/mol. The quantitative estimate of drug-likeness (QED) is 0.303. The Kier molecular flexibility index (Phi) is 7.08. The normalized spacial score (nSPS) is 11.4. The maximum atomic E-state index is 14.0. The number of rotatable bonds is 6. The van der Waals surface area contributed by atoms with E-state index in [1.807, 2.05) is 42.5 Å². The van der Waals surface area contributed by atoms with E-state index < -0.39 is 8.07 Å². The molecule has 152 valence electrons. The first-order valence-electron chi connectivity index (χ1n) is 10.6. The third-order valence-electron chi connectivity index (χ3n) is 5.67. The van der Waals surface area contributed by atoms with Gasteiger partial charge in [0.05, 0.1) is 0 Å². The Labute approximate surface area is 182 Å². The highest BCUT2D eigenvalue weighted by atomic mass is 28.3. The van der Waals surface area contributed by atoms with Crippen molar-refractivity contribution in [1.29, 1.82) is 0 Å². The standard InChI is InChI=1S/C28H30OSi/c1-28(2,3)30(25-19-11-6-12-20-25,26-21-13-7-14-22-26)27(29)23-15-5-10-18-24-16-8-4-9-17-24/h4,6-9,11-14,16-17,19-22H,5,15,23H2,1-3H3. The van der Waals surface area contributed by atoms with Crippen molar-refractivity contribution in [3.63, 3.8) is 0 Å². The van der Waals surface area contributed by atoms with E-state index in [1.165, 1.54) is 10.4 Å². The van der Waals surface area contributed by atoms with Gasteiger partial charge in [-0.15, -0.1) is 0 Å². The number of hydrogen-bond donors (Lipinski definition) is 0. The molecule has 0 aliphatic rings. The Morgan fingerprint density at radius 3 is 1.70 bits per heavy atom. The zero-order valence-electron chi connectivity index (χ0n) is 18.2. The van der Waals surface area contributed by atoms with Crippen LogP contribution in [0.5, 0.6) is 0 Å². The fourth-order valence-electron chi connectivity index (χ4n) is 4.36. The summed E-state index contributed by atoms with van der Waals surface area (Å²) in [6.07, 6.45) is 2.10. The Hall–Kier alpha value is -2.89. The summed E-state index contributed by atoms with van der Waals surface area (Å²) in [5.74, 6) is 6.44. The Morgan fingerprint density at radius 2 is 1.23 bits per heavy atom. The van der Waals surface area contributed by atoms with Gasteiger partial charge in [0.2, 0.25) is 0 Å². The largest absolute Gasteiger partial charge is 0.304 e. The lowest BCUT2D eigenvalue weighted by Crippen LogP contribution is -2.69. The topological polar surface area (TPSA) is 17.1 Å². The van der Waals surface area contributed by atoms with E-state index in [-0.39, 0.29) is 5.04 Å². The van der Waals surface area contributed by atoms with Crippen LogP contribution in [0.2, 0.25) is 5.04 Å². The van der Waals surface area contributed by atoms with Gasteiger partial charge < -0.3 is 4.79 Å². The molecule has 0 radical (unpaired) electrons. The van der Waals surface area contributed by atoms with E-state index in [0.29, 0.717) is 11.8 Å². The van der Waals surface area contributed by atoms with Crippen LogP contribution in [-0.4, -0.2) is 13.5 Å². The first-order valence-corrected chi connectivity index (χ1v) is 12.6. The van der Waals surface area contributed by atoms with Crippen molar-refractivity contribution in [2.45, 2.75) is 45.1 Å². The molecule has 0 amide bonds. The first-order chi connectivity index (χ1) is 14.5. The SMILES string of the molecule is CC(C)(C)[Si](C(=O)CCCC#Cc1ccccc1)(c1ccccc1)c1ccccc1. The predicted molar refractivity (Wildman–Crippen MR) is 130 cm³/mol. The molecule has 0 atom stereocenters. The van der Waals surface area contributed by atoms with Crippen molar-refractivity contribution in [2.24, 2.45) is 0 Å². The summed E-state index contributed by atoms with van der Waals surface area (Å²) in [4.78, 5) is 14.0. The maximum absolute atomic E-state index is 14.0. The fraction of sp³-hybridized carbons (Fsp3) is 0.250. The number of benzene rings is 3. The number of unbranched alkanes of at least 4 members (excludes halogenated alkanes) is 1. The van der Waals surface area contributed by atoms with Crippen molar-refractivity contribution < 1.29 is 4.79 Å². The molecule has 1 nitrogen and oxygen atoms in total. The fourth-order valence-corrected chi connectivity index (χ4v) is 9.84. The average Bonchev–Trinajstić information content (AvgIpc) is 2.75. The van der Waals surface area contributed by atoms with Crippen molar-refractivity contribution in [3.05, 3.63) is 96.6 Å². The summed E-state index contributed by atoms with van der Waals surface area (Å²) in [6.45, 7) is 6.69. The van der Waals surface area contributed by atoms with Crippen LogP contribution < -0.4 is 10.4 Å². The molecule has 2 heteroatoms. The van der Waals surface area contributed by atoms with Crippen LogP contribution in [0.15, 0.2) is 91.0 Å². The smallest absolute Gasteiger partial charge is 0.198 e. The lowest BCUT2D eigenvalue weighted by atomic mass is 10.2. The van der Waals surface area contributed by atoms with Gasteiger partial charge in [-0.2, -0.15) is 0 Å². The van der Waals surface area contributed by atoms with Crippen molar-refractivity contribution >= 4 is 23.9 Å². The Balaban J connectivity index is 1.89. The second kappa shape index (κ2) is 9.74. The highest BCUT2D eigenvalue weighted by Crippen LogP contribution is 2.37. The molecule has 0 spiro atoms. The molecule has 0 bridgehead atoms. The van der Waals surface area contributed by atoms with E-state index in [9.17, 15) is 4.79 Å². The van der Waals surface area contributed by atoms with Crippen molar-refractivity contribution in [3.8, 4) is 11.8 Å². The van der Waals surface area contributed by atoms with Gasteiger partial charge >= 0.3 is 0 Å². The van der Waals surface area contributed by atoms with Gasteiger partial charge in [0, 0.05) is 18.4 Å². The minimum Gasteiger partial charge on any atom is -0.304 e. The number of hydrogen-bond acceptors (Lipinski definition) is 1. The zero-order chi connectivity index (χ0) is 21.5. The van der Waals surface area contributed by atoms with Gasteiger partial charge in [-0.05, 0) is 34.0 Å². The lowest BCUT2D eigenvalue weighted by Gasteiger charge is -2.42. The lowest BCUT2D eigenvalue weighted by molar-refractivity contribution is -0.112. The molecule has 0 fully saturated rings. The molecule has 0 N–H and O–H groups in total. The second-order valence-electron chi connectivity index (χ2n) is 8.68. The summed E-state index contributed by atoms with van der Waals surface area (Å²) < 4.78 is 0. The summed E-state index contributed by atoms with van der Waals surface area (Å²) in [5.41, 5.74) is 1.02. The molecule has 0 unspecified atom stereocenters. The van der Waals surface area contributed by atoms with Gasteiger partial charge in [0.1, 0.15) is 5.41 Å². The van der Waals surface area contributed by atoms with Crippen LogP contribution in [-0.2, 0) is 4.79 Å². The van der Waals surface area contributed by atoms with Crippen LogP contribution >= 0.6 is 0 Å². The summed E-state index contributed by atoms with van der Waals surface area (Å²) in [6, 6.07) is 30.9. The van der Waals surface area contributed by atoms with E-state index >= 15 is 0 Å². The number of carbonyl (C=O) groups is 1. The van der Waals surface area contributed by atoms with Crippen molar-refractivity contribution in [2.75, 3.05) is 0 Å². The molecule has 3 aromatic rings. The highest BCUT2D eigenvalue weighted by Gasteiger charge is 2.53. The molecule has 0 aliphatic heterocycles. The van der Waals surface area contributed by atoms with E-state index in [4.69, 9.17) is 0 Å². The Bertz CT molecular complexity index is 967.